The minimum atomic E-state index is -5.68. The van der Waals surface area contributed by atoms with Crippen LogP contribution in [0, 0.1) is 8.98 Å². The number of pyridine rings is 1. The summed E-state index contributed by atoms with van der Waals surface area (Å²) in [4.78, 5) is 20.6. The van der Waals surface area contributed by atoms with Gasteiger partial charge < -0.3 is 4.42 Å². The van der Waals surface area contributed by atoms with Gasteiger partial charge in [0.1, 0.15) is 17.0 Å². The zero-order valence-corrected chi connectivity index (χ0v) is 23.9. The molecular weight excluding hydrogens is 690 g/mol. The number of alkyl halides is 3. The quantitative estimate of drug-likeness (QED) is 0.150. The second-order valence-electron chi connectivity index (χ2n) is 7.95. The number of halogens is 4. The fourth-order valence-electron chi connectivity index (χ4n) is 3.43. The van der Waals surface area contributed by atoms with E-state index in [1.807, 2.05) is 22.6 Å². The minimum absolute atomic E-state index is 0.138. The maximum atomic E-state index is 13.0. The van der Waals surface area contributed by atoms with Crippen LogP contribution in [0.2, 0.25) is 0 Å². The van der Waals surface area contributed by atoms with Gasteiger partial charge in [0.05, 0.1) is 27.6 Å². The first-order valence-corrected chi connectivity index (χ1v) is 15.2. The van der Waals surface area contributed by atoms with Crippen molar-refractivity contribution < 1.29 is 39.2 Å². The molecule has 4 rings (SSSR count). The predicted octanol–water partition coefficient (Wildman–Crippen LogP) is 5.23. The Morgan fingerprint density at radius 3 is 2.45 bits per heavy atom. The van der Waals surface area contributed by atoms with Crippen LogP contribution >= 0.6 is 22.6 Å². The molecule has 0 spiro atoms. The number of hydrogen-bond acceptors (Lipinski definition) is 9. The van der Waals surface area contributed by atoms with Crippen molar-refractivity contribution in [1.29, 1.82) is 5.41 Å². The number of amides is 2. The zero-order chi connectivity index (χ0) is 29.5. The molecule has 2 heterocycles. The summed E-state index contributed by atoms with van der Waals surface area (Å²) in [6, 6.07) is 10.5. The molecule has 0 fully saturated rings. The van der Waals surface area contributed by atoms with E-state index >= 15 is 0 Å². The number of aromatic nitrogens is 2. The summed E-state index contributed by atoms with van der Waals surface area (Å²) in [6.07, 6.45) is 0.769. The Balaban J connectivity index is 1.79. The lowest BCUT2D eigenvalue weighted by molar-refractivity contribution is -0.0436. The van der Waals surface area contributed by atoms with E-state index in [9.17, 15) is 34.8 Å². The topological polar surface area (TPSA) is 163 Å². The molecular formula is C23H17F3IN5O6S2. The summed E-state index contributed by atoms with van der Waals surface area (Å²) in [7, 11) is -9.63. The summed E-state index contributed by atoms with van der Waals surface area (Å²) in [6.45, 7) is 1.37. The van der Waals surface area contributed by atoms with E-state index in [-0.39, 0.29) is 33.3 Å². The highest BCUT2D eigenvalue weighted by molar-refractivity contribution is 14.1. The van der Waals surface area contributed by atoms with Crippen LogP contribution in [0.25, 0.3) is 22.7 Å². The van der Waals surface area contributed by atoms with Crippen molar-refractivity contribution >= 4 is 77.2 Å². The van der Waals surface area contributed by atoms with Crippen molar-refractivity contribution in [2.75, 3.05) is 16.0 Å². The highest BCUT2D eigenvalue weighted by Gasteiger charge is 2.47. The third kappa shape index (κ3) is 5.66. The molecule has 0 radical (unpaired) electrons. The standard InChI is InChI=1S/C23H17F3IN5O6S2/c1-2-39(34,35)18-8-9-19(31-22(33)32(12-28)14-5-3-4-13(27)10-14)30-20(18)21-29-16-11-15(6-7-17(16)38-21)40(36,37)23(24,25)26/h3-12,28H,2H2,1H3,(H,30,31,33). The molecule has 0 unspecified atom stereocenters. The summed E-state index contributed by atoms with van der Waals surface area (Å²) in [5.41, 5.74) is -5.99. The second-order valence-corrected chi connectivity index (χ2v) is 13.4. The van der Waals surface area contributed by atoms with Gasteiger partial charge in [-0.2, -0.15) is 13.2 Å². The van der Waals surface area contributed by atoms with Crippen molar-refractivity contribution in [1.82, 2.24) is 9.97 Å². The maximum absolute atomic E-state index is 13.0. The van der Waals surface area contributed by atoms with E-state index in [0.29, 0.717) is 17.8 Å². The number of hydrogen-bond donors (Lipinski definition) is 2. The van der Waals surface area contributed by atoms with Crippen molar-refractivity contribution in [3.05, 3.63) is 58.2 Å². The number of nitrogens with zero attached hydrogens (tertiary/aromatic N) is 3. The molecule has 2 aromatic carbocycles. The molecule has 0 bridgehead atoms. The monoisotopic (exact) mass is 707 g/mol. The van der Waals surface area contributed by atoms with E-state index in [1.54, 1.807) is 24.3 Å². The van der Waals surface area contributed by atoms with Gasteiger partial charge >= 0.3 is 11.5 Å². The van der Waals surface area contributed by atoms with Crippen molar-refractivity contribution in [2.24, 2.45) is 0 Å². The van der Waals surface area contributed by atoms with Crippen LogP contribution in [0.5, 0.6) is 0 Å². The molecule has 0 aliphatic heterocycles. The number of nitrogens with one attached hydrogen (secondary N) is 2. The Labute approximate surface area is 238 Å². The van der Waals surface area contributed by atoms with Crippen LogP contribution in [-0.2, 0) is 19.7 Å². The van der Waals surface area contributed by atoms with E-state index < -0.39 is 42.0 Å². The van der Waals surface area contributed by atoms with Crippen LogP contribution in [0.15, 0.2) is 68.8 Å². The molecule has 0 saturated heterocycles. The van der Waals surface area contributed by atoms with E-state index in [2.05, 4.69) is 15.3 Å². The smallest absolute Gasteiger partial charge is 0.435 e. The lowest BCUT2D eigenvalue weighted by atomic mass is 10.3. The van der Waals surface area contributed by atoms with Gasteiger partial charge in [-0.05, 0) is 71.1 Å². The Kier molecular flexibility index (Phi) is 7.92. The Bertz CT molecular complexity index is 1860. The van der Waals surface area contributed by atoms with Gasteiger partial charge in [0.15, 0.2) is 15.4 Å². The normalized spacial score (nSPS) is 12.3. The maximum Gasteiger partial charge on any atom is 0.501 e. The number of oxazole rings is 1. The van der Waals surface area contributed by atoms with Crippen LogP contribution in [-0.4, -0.2) is 50.4 Å². The van der Waals surface area contributed by atoms with Gasteiger partial charge in [-0.15, -0.1) is 0 Å². The van der Waals surface area contributed by atoms with Crippen LogP contribution < -0.4 is 10.2 Å². The van der Waals surface area contributed by atoms with Crippen molar-refractivity contribution in [2.45, 2.75) is 22.2 Å². The third-order valence-electron chi connectivity index (χ3n) is 5.42. The van der Waals surface area contributed by atoms with Gasteiger partial charge in [0.2, 0.25) is 5.89 Å². The number of sulfone groups is 2. The first kappa shape index (κ1) is 29.4. The summed E-state index contributed by atoms with van der Waals surface area (Å²) < 4.78 is 94.5. The number of urea groups is 1. The predicted molar refractivity (Wildman–Crippen MR) is 148 cm³/mol. The van der Waals surface area contributed by atoms with Gasteiger partial charge in [-0.25, -0.2) is 31.6 Å². The Morgan fingerprint density at radius 1 is 1.10 bits per heavy atom. The van der Waals surface area contributed by atoms with Gasteiger partial charge in [-0.3, -0.25) is 15.6 Å². The molecule has 0 atom stereocenters. The largest absolute Gasteiger partial charge is 0.501 e. The molecule has 2 aromatic heterocycles. The highest BCUT2D eigenvalue weighted by atomic mass is 127. The number of carbonyl (C=O) groups excluding carboxylic acids is 1. The fraction of sp³-hybridized carbons (Fsp3) is 0.130. The molecule has 0 aliphatic rings. The van der Waals surface area contributed by atoms with Crippen LogP contribution in [0.4, 0.5) is 29.5 Å². The fourth-order valence-corrected chi connectivity index (χ4v) is 5.75. The second kappa shape index (κ2) is 10.8. The summed E-state index contributed by atoms with van der Waals surface area (Å²) in [5, 5.41) is 10.1. The number of benzene rings is 2. The average Bonchev–Trinajstić information content (AvgIpc) is 3.32. The molecule has 2 amide bonds. The third-order valence-corrected chi connectivity index (χ3v) is 9.33. The van der Waals surface area contributed by atoms with E-state index in [4.69, 9.17) is 9.83 Å². The molecule has 17 heteroatoms. The van der Waals surface area contributed by atoms with Gasteiger partial charge in [0, 0.05) is 3.57 Å². The Hall–Kier alpha value is -3.58. The molecule has 0 saturated carbocycles. The molecule has 11 nitrogen and oxygen atoms in total. The minimum Gasteiger partial charge on any atom is -0.435 e. The molecule has 0 aliphatic carbocycles. The molecule has 40 heavy (non-hydrogen) atoms. The summed E-state index contributed by atoms with van der Waals surface area (Å²) in [5.74, 6) is -0.952. The lowest BCUT2D eigenvalue weighted by Crippen LogP contribution is -2.33. The number of rotatable bonds is 7. The first-order valence-electron chi connectivity index (χ1n) is 11.0. The first-order chi connectivity index (χ1) is 18.7. The molecule has 2 N–H and O–H groups in total. The molecule has 210 valence electrons. The Morgan fingerprint density at radius 2 is 1.82 bits per heavy atom. The number of fused-ring (bicyclic) bond motifs is 1. The van der Waals surface area contributed by atoms with E-state index in [1.165, 1.54) is 13.0 Å². The number of anilines is 2. The zero-order valence-electron chi connectivity index (χ0n) is 20.1. The number of carbonyl (C=O) groups is 1. The molecule has 4 aromatic rings. The van der Waals surface area contributed by atoms with Crippen LogP contribution in [0.1, 0.15) is 6.92 Å². The van der Waals surface area contributed by atoms with Gasteiger partial charge in [-0.1, -0.05) is 13.0 Å². The van der Waals surface area contributed by atoms with Crippen LogP contribution in [0.3, 0.4) is 0 Å². The summed E-state index contributed by atoms with van der Waals surface area (Å²) >= 11 is 2.03. The highest BCUT2D eigenvalue weighted by Crippen LogP contribution is 2.34. The van der Waals surface area contributed by atoms with Gasteiger partial charge in [0.25, 0.3) is 9.84 Å². The lowest BCUT2D eigenvalue weighted by Gasteiger charge is -2.18. The SMILES string of the molecule is CCS(=O)(=O)c1ccc(NC(=O)N(C=N)c2cccc(I)c2)nc1-c1nc2cc(S(=O)(=O)C(F)(F)F)ccc2o1. The van der Waals surface area contributed by atoms with E-state index in [0.717, 1.165) is 26.9 Å². The van der Waals surface area contributed by atoms with Crippen molar-refractivity contribution in [3.63, 3.8) is 0 Å². The average molecular weight is 707 g/mol. The van der Waals surface area contributed by atoms with Crippen molar-refractivity contribution in [3.8, 4) is 11.6 Å².